The molecular weight excluding hydrogens is 330 g/mol. The first kappa shape index (κ1) is 17.7. The van der Waals surface area contributed by atoms with Gasteiger partial charge < -0.3 is 10.2 Å². The zero-order chi connectivity index (χ0) is 18.7. The Kier molecular flexibility index (Phi) is 5.03. The maximum atomic E-state index is 12.3. The molecule has 134 valence electrons. The number of nitriles is 1. The van der Waals surface area contributed by atoms with Gasteiger partial charge in [0, 0.05) is 24.5 Å². The Labute approximate surface area is 151 Å². The molecule has 0 radical (unpaired) electrons. The smallest absolute Gasteiger partial charge is 0.285 e. The third-order valence-electron chi connectivity index (χ3n) is 4.66. The summed E-state index contributed by atoms with van der Waals surface area (Å²) in [5, 5.41) is 16.0. The van der Waals surface area contributed by atoms with Crippen LogP contribution < -0.4 is 15.8 Å². The number of aryl methyl sites for hydroxylation is 1. The van der Waals surface area contributed by atoms with E-state index in [4.69, 9.17) is 5.26 Å². The number of hydrogen-bond acceptors (Lipinski definition) is 5. The van der Waals surface area contributed by atoms with Crippen LogP contribution in [0.1, 0.15) is 29.7 Å². The van der Waals surface area contributed by atoms with Gasteiger partial charge in [0.25, 0.3) is 5.56 Å². The molecule has 1 N–H and O–H groups in total. The molecule has 0 spiro atoms. The van der Waals surface area contributed by atoms with Gasteiger partial charge >= 0.3 is 0 Å². The minimum absolute atomic E-state index is 0.0280. The van der Waals surface area contributed by atoms with Gasteiger partial charge in [0.15, 0.2) is 0 Å². The molecule has 26 heavy (non-hydrogen) atoms. The normalized spacial score (nSPS) is 13.5. The first-order valence-electron chi connectivity index (χ1n) is 8.63. The zero-order valence-electron chi connectivity index (χ0n) is 15.0. The Morgan fingerprint density at radius 1 is 1.23 bits per heavy atom. The van der Waals surface area contributed by atoms with E-state index in [-0.39, 0.29) is 18.0 Å². The fourth-order valence-corrected chi connectivity index (χ4v) is 3.08. The number of anilines is 2. The van der Waals surface area contributed by atoms with Crippen molar-refractivity contribution in [3.05, 3.63) is 51.4 Å². The van der Waals surface area contributed by atoms with E-state index < -0.39 is 5.56 Å². The summed E-state index contributed by atoms with van der Waals surface area (Å²) in [7, 11) is 0. The van der Waals surface area contributed by atoms with Gasteiger partial charge in [-0.1, -0.05) is 0 Å². The highest BCUT2D eigenvalue weighted by Gasteiger charge is 2.15. The lowest BCUT2D eigenvalue weighted by molar-refractivity contribution is -0.117. The summed E-state index contributed by atoms with van der Waals surface area (Å²) in [6, 6.07) is 9.55. The number of hydrogen-bond donors (Lipinski definition) is 1. The van der Waals surface area contributed by atoms with Gasteiger partial charge in [-0.2, -0.15) is 10.4 Å². The molecule has 1 aliphatic rings. The highest BCUT2D eigenvalue weighted by atomic mass is 16.2. The van der Waals surface area contributed by atoms with Crippen LogP contribution in [0.25, 0.3) is 0 Å². The van der Waals surface area contributed by atoms with Gasteiger partial charge in [0.1, 0.15) is 18.2 Å². The van der Waals surface area contributed by atoms with Crippen molar-refractivity contribution in [2.75, 3.05) is 23.3 Å². The van der Waals surface area contributed by atoms with Crippen LogP contribution in [0.2, 0.25) is 0 Å². The van der Waals surface area contributed by atoms with Gasteiger partial charge in [-0.15, -0.1) is 0 Å². The largest absolute Gasteiger partial charge is 0.372 e. The van der Waals surface area contributed by atoms with E-state index in [0.29, 0.717) is 16.9 Å². The Morgan fingerprint density at radius 2 is 1.88 bits per heavy atom. The number of rotatable bonds is 4. The summed E-state index contributed by atoms with van der Waals surface area (Å²) in [5.41, 5.74) is 2.40. The molecule has 1 amide bonds. The lowest BCUT2D eigenvalue weighted by atomic mass is 10.1. The molecule has 3 rings (SSSR count). The second-order valence-electron chi connectivity index (χ2n) is 6.45. The van der Waals surface area contributed by atoms with Crippen LogP contribution in [-0.4, -0.2) is 28.8 Å². The summed E-state index contributed by atoms with van der Waals surface area (Å²) in [5.74, 6) is -0.360. The molecule has 1 aliphatic heterocycles. The highest BCUT2D eigenvalue weighted by Crippen LogP contribution is 2.22. The Balaban J connectivity index is 1.70. The van der Waals surface area contributed by atoms with Crippen LogP contribution in [-0.2, 0) is 11.3 Å². The van der Waals surface area contributed by atoms with E-state index in [9.17, 15) is 9.59 Å². The van der Waals surface area contributed by atoms with E-state index in [2.05, 4.69) is 15.3 Å². The predicted molar refractivity (Wildman–Crippen MR) is 99.2 cm³/mol. The van der Waals surface area contributed by atoms with Gasteiger partial charge in [-0.05, 0) is 56.5 Å². The van der Waals surface area contributed by atoms with Crippen molar-refractivity contribution >= 4 is 17.3 Å². The van der Waals surface area contributed by atoms with Crippen molar-refractivity contribution in [3.63, 3.8) is 0 Å². The van der Waals surface area contributed by atoms with Gasteiger partial charge in [-0.25, -0.2) is 4.68 Å². The standard InChI is InChI=1S/C19H21N5O2/c1-13-14(2)22-24(19(26)17(13)11-20)12-18(25)21-15-5-7-16(8-6-15)23-9-3-4-10-23/h5-8H,3-4,9-10,12H2,1-2H3,(H,21,25). The van der Waals surface area contributed by atoms with Gasteiger partial charge in [0.05, 0.1) is 5.69 Å². The fraction of sp³-hybridized carbons (Fsp3) is 0.368. The average molecular weight is 351 g/mol. The molecule has 0 saturated carbocycles. The minimum atomic E-state index is -0.546. The minimum Gasteiger partial charge on any atom is -0.372 e. The maximum Gasteiger partial charge on any atom is 0.285 e. The Hall–Kier alpha value is -3.14. The molecule has 1 saturated heterocycles. The third kappa shape index (κ3) is 3.59. The third-order valence-corrected chi connectivity index (χ3v) is 4.66. The van der Waals surface area contributed by atoms with Crippen LogP contribution >= 0.6 is 0 Å². The lowest BCUT2D eigenvalue weighted by Crippen LogP contribution is -2.32. The van der Waals surface area contributed by atoms with Crippen molar-refractivity contribution in [2.45, 2.75) is 33.2 Å². The van der Waals surface area contributed by atoms with E-state index in [0.717, 1.165) is 23.5 Å². The summed E-state index contributed by atoms with van der Waals surface area (Å²) in [4.78, 5) is 26.8. The molecule has 0 atom stereocenters. The van der Waals surface area contributed by atoms with E-state index >= 15 is 0 Å². The number of carbonyl (C=O) groups is 1. The number of nitrogens with one attached hydrogen (secondary N) is 1. The molecular formula is C19H21N5O2. The van der Waals surface area contributed by atoms with Crippen molar-refractivity contribution < 1.29 is 4.79 Å². The number of amides is 1. The first-order valence-corrected chi connectivity index (χ1v) is 8.63. The summed E-state index contributed by atoms with van der Waals surface area (Å²) < 4.78 is 1.04. The molecule has 1 aromatic heterocycles. The summed E-state index contributed by atoms with van der Waals surface area (Å²) >= 11 is 0. The topological polar surface area (TPSA) is 91.0 Å². The monoisotopic (exact) mass is 351 g/mol. The molecule has 2 aromatic rings. The zero-order valence-corrected chi connectivity index (χ0v) is 15.0. The first-order chi connectivity index (χ1) is 12.5. The van der Waals surface area contributed by atoms with Crippen molar-refractivity contribution in [2.24, 2.45) is 0 Å². The van der Waals surface area contributed by atoms with Crippen molar-refractivity contribution in [3.8, 4) is 6.07 Å². The van der Waals surface area contributed by atoms with Crippen molar-refractivity contribution in [1.29, 1.82) is 5.26 Å². The number of aromatic nitrogens is 2. The van der Waals surface area contributed by atoms with Gasteiger partial charge in [-0.3, -0.25) is 9.59 Å². The molecule has 1 fully saturated rings. The van der Waals surface area contributed by atoms with E-state index in [1.54, 1.807) is 13.8 Å². The van der Waals surface area contributed by atoms with Crippen LogP contribution in [0, 0.1) is 25.2 Å². The SMILES string of the molecule is Cc1nn(CC(=O)Nc2ccc(N3CCCC3)cc2)c(=O)c(C#N)c1C. The van der Waals surface area contributed by atoms with E-state index in [1.807, 2.05) is 30.3 Å². The van der Waals surface area contributed by atoms with Crippen molar-refractivity contribution in [1.82, 2.24) is 9.78 Å². The quantitative estimate of drug-likeness (QED) is 0.909. The van der Waals surface area contributed by atoms with E-state index in [1.165, 1.54) is 12.8 Å². The van der Waals surface area contributed by atoms with Gasteiger partial charge in [0.2, 0.25) is 5.91 Å². The molecule has 7 nitrogen and oxygen atoms in total. The Bertz CT molecular complexity index is 919. The summed E-state index contributed by atoms with van der Waals surface area (Å²) in [6.45, 7) is 5.28. The lowest BCUT2D eigenvalue weighted by Gasteiger charge is -2.17. The number of nitrogens with zero attached hydrogens (tertiary/aromatic N) is 4. The van der Waals surface area contributed by atoms with Crippen LogP contribution in [0.5, 0.6) is 0 Å². The fourth-order valence-electron chi connectivity index (χ4n) is 3.08. The second-order valence-corrected chi connectivity index (χ2v) is 6.45. The summed E-state index contributed by atoms with van der Waals surface area (Å²) in [6.07, 6.45) is 2.42. The molecule has 1 aromatic carbocycles. The number of benzene rings is 1. The number of carbonyl (C=O) groups excluding carboxylic acids is 1. The molecule has 0 unspecified atom stereocenters. The highest BCUT2D eigenvalue weighted by molar-refractivity contribution is 5.90. The molecule has 0 aliphatic carbocycles. The average Bonchev–Trinajstić information content (AvgIpc) is 3.15. The van der Waals surface area contributed by atoms with Crippen LogP contribution in [0.3, 0.4) is 0 Å². The van der Waals surface area contributed by atoms with Crippen LogP contribution in [0.4, 0.5) is 11.4 Å². The molecule has 2 heterocycles. The molecule has 7 heteroatoms. The Morgan fingerprint density at radius 3 is 2.50 bits per heavy atom. The molecule has 0 bridgehead atoms. The maximum absolute atomic E-state index is 12.3. The predicted octanol–water partition coefficient (Wildman–Crippen LogP) is 1.97. The second kappa shape index (κ2) is 7.40. The van der Waals surface area contributed by atoms with Crippen LogP contribution in [0.15, 0.2) is 29.1 Å².